The first-order valence-electron chi connectivity index (χ1n) is 8.97. The Bertz CT molecular complexity index is 875. The molecule has 0 aromatic heterocycles. The van der Waals surface area contributed by atoms with E-state index in [4.69, 9.17) is 14.2 Å². The molecule has 2 atom stereocenters. The Morgan fingerprint density at radius 1 is 0.815 bits per heavy atom. The highest BCUT2D eigenvalue weighted by atomic mass is 16.7. The SMILES string of the molecule is COc1ccc([C@@H]2[C@@H](c3ccc(C)cc3)C23C(=O)OC(C)(C)OC3=O)cc1. The minimum atomic E-state index is -1.33. The van der Waals surface area contributed by atoms with Gasteiger partial charge in [0, 0.05) is 25.7 Å². The van der Waals surface area contributed by atoms with Gasteiger partial charge in [-0.05, 0) is 30.2 Å². The topological polar surface area (TPSA) is 61.8 Å². The predicted octanol–water partition coefficient (Wildman–Crippen LogP) is 3.71. The fourth-order valence-electron chi connectivity index (χ4n) is 4.11. The van der Waals surface area contributed by atoms with Crippen LogP contribution in [0.5, 0.6) is 5.75 Å². The molecule has 2 aromatic carbocycles. The molecule has 1 saturated carbocycles. The van der Waals surface area contributed by atoms with Crippen molar-refractivity contribution in [2.24, 2.45) is 5.41 Å². The van der Waals surface area contributed by atoms with Gasteiger partial charge in [0.1, 0.15) is 5.75 Å². The van der Waals surface area contributed by atoms with Crippen LogP contribution in [-0.2, 0) is 19.1 Å². The van der Waals surface area contributed by atoms with Crippen molar-refractivity contribution in [1.82, 2.24) is 0 Å². The van der Waals surface area contributed by atoms with Crippen molar-refractivity contribution in [2.75, 3.05) is 7.11 Å². The average molecular weight is 366 g/mol. The zero-order chi connectivity index (χ0) is 19.4. The normalized spacial score (nSPS) is 24.9. The number of benzene rings is 2. The number of hydrogen-bond donors (Lipinski definition) is 0. The van der Waals surface area contributed by atoms with Crippen molar-refractivity contribution in [2.45, 2.75) is 38.4 Å². The monoisotopic (exact) mass is 366 g/mol. The minimum Gasteiger partial charge on any atom is -0.497 e. The van der Waals surface area contributed by atoms with E-state index in [0.29, 0.717) is 0 Å². The molecule has 27 heavy (non-hydrogen) atoms. The van der Waals surface area contributed by atoms with Crippen LogP contribution in [0.3, 0.4) is 0 Å². The van der Waals surface area contributed by atoms with E-state index in [-0.39, 0.29) is 11.8 Å². The van der Waals surface area contributed by atoms with Crippen molar-refractivity contribution < 1.29 is 23.8 Å². The Morgan fingerprint density at radius 2 is 1.26 bits per heavy atom. The van der Waals surface area contributed by atoms with Gasteiger partial charge in [-0.1, -0.05) is 42.0 Å². The van der Waals surface area contributed by atoms with Gasteiger partial charge in [-0.2, -0.15) is 0 Å². The third kappa shape index (κ3) is 2.60. The van der Waals surface area contributed by atoms with Gasteiger partial charge in [0.15, 0.2) is 5.41 Å². The number of carbonyl (C=O) groups excluding carboxylic acids is 2. The molecule has 4 rings (SSSR count). The number of cyclic esters (lactones) is 2. The molecule has 1 aliphatic heterocycles. The summed E-state index contributed by atoms with van der Waals surface area (Å²) >= 11 is 0. The number of carbonyl (C=O) groups is 2. The second-order valence-corrected chi connectivity index (χ2v) is 7.69. The maximum Gasteiger partial charge on any atom is 0.328 e. The van der Waals surface area contributed by atoms with Crippen LogP contribution in [0.4, 0.5) is 0 Å². The number of aryl methyl sites for hydroxylation is 1. The number of methoxy groups -OCH3 is 1. The number of esters is 2. The third-order valence-electron chi connectivity index (χ3n) is 5.47. The lowest BCUT2D eigenvalue weighted by atomic mass is 9.96. The predicted molar refractivity (Wildman–Crippen MR) is 98.4 cm³/mol. The van der Waals surface area contributed by atoms with Crippen LogP contribution >= 0.6 is 0 Å². The molecule has 1 saturated heterocycles. The van der Waals surface area contributed by atoms with Crippen molar-refractivity contribution in [1.29, 1.82) is 0 Å². The lowest BCUT2D eigenvalue weighted by Gasteiger charge is -2.34. The molecule has 0 unspecified atom stereocenters. The smallest absolute Gasteiger partial charge is 0.328 e. The van der Waals surface area contributed by atoms with E-state index in [1.54, 1.807) is 21.0 Å². The zero-order valence-corrected chi connectivity index (χ0v) is 15.8. The van der Waals surface area contributed by atoms with E-state index in [0.717, 1.165) is 22.4 Å². The maximum absolute atomic E-state index is 13.0. The van der Waals surface area contributed by atoms with Crippen LogP contribution < -0.4 is 4.74 Å². The van der Waals surface area contributed by atoms with Gasteiger partial charge in [0.25, 0.3) is 5.79 Å². The maximum atomic E-state index is 13.0. The van der Waals surface area contributed by atoms with E-state index in [1.165, 1.54) is 0 Å². The van der Waals surface area contributed by atoms with E-state index >= 15 is 0 Å². The molecular formula is C22H22O5. The molecule has 0 radical (unpaired) electrons. The molecule has 0 N–H and O–H groups in total. The van der Waals surface area contributed by atoms with E-state index in [1.807, 2.05) is 55.5 Å². The lowest BCUT2D eigenvalue weighted by Crippen LogP contribution is -2.48. The van der Waals surface area contributed by atoms with Crippen LogP contribution in [0, 0.1) is 12.3 Å². The van der Waals surface area contributed by atoms with Gasteiger partial charge in [-0.25, -0.2) is 0 Å². The summed E-state index contributed by atoms with van der Waals surface area (Å²) < 4.78 is 16.2. The second kappa shape index (κ2) is 5.84. The molecule has 2 aromatic rings. The first-order valence-corrected chi connectivity index (χ1v) is 8.97. The van der Waals surface area contributed by atoms with Crippen LogP contribution in [0.2, 0.25) is 0 Å². The van der Waals surface area contributed by atoms with Crippen molar-refractivity contribution in [3.05, 3.63) is 65.2 Å². The molecule has 5 nitrogen and oxygen atoms in total. The largest absolute Gasteiger partial charge is 0.497 e. The molecule has 1 aliphatic carbocycles. The van der Waals surface area contributed by atoms with E-state index in [2.05, 4.69) is 0 Å². The molecule has 0 amide bonds. The Hall–Kier alpha value is -2.82. The summed E-state index contributed by atoms with van der Waals surface area (Å²) in [4.78, 5) is 26.0. The highest BCUT2D eigenvalue weighted by Crippen LogP contribution is 2.72. The first-order chi connectivity index (χ1) is 12.8. The van der Waals surface area contributed by atoms with Gasteiger partial charge in [0.05, 0.1) is 7.11 Å². The quantitative estimate of drug-likeness (QED) is 0.612. The van der Waals surface area contributed by atoms with Crippen molar-refractivity contribution in [3.8, 4) is 5.75 Å². The molecule has 1 heterocycles. The van der Waals surface area contributed by atoms with Crippen molar-refractivity contribution in [3.63, 3.8) is 0 Å². The van der Waals surface area contributed by atoms with Crippen LogP contribution in [0.25, 0.3) is 0 Å². The number of hydrogen-bond acceptors (Lipinski definition) is 5. The molecule has 1 spiro atoms. The van der Waals surface area contributed by atoms with Crippen LogP contribution in [0.15, 0.2) is 48.5 Å². The highest BCUT2D eigenvalue weighted by molar-refractivity contribution is 6.08. The van der Waals surface area contributed by atoms with Crippen LogP contribution in [0.1, 0.15) is 42.4 Å². The summed E-state index contributed by atoms with van der Waals surface area (Å²) in [5, 5.41) is 0. The molecule has 5 heteroatoms. The standard InChI is InChI=1S/C22H22O5/c1-13-5-7-14(8-6-13)17-18(15-9-11-16(25-4)12-10-15)22(17)19(23)26-21(2,3)27-20(22)24/h5-12,17-18H,1-4H3/t17-,18-/m1/s1. The summed E-state index contributed by atoms with van der Waals surface area (Å²) in [7, 11) is 1.60. The summed E-state index contributed by atoms with van der Waals surface area (Å²) in [6.45, 7) is 5.14. The molecule has 2 aliphatic rings. The molecule has 140 valence electrons. The Labute approximate surface area is 158 Å². The summed E-state index contributed by atoms with van der Waals surface area (Å²) in [5.74, 6) is -2.21. The number of rotatable bonds is 3. The second-order valence-electron chi connectivity index (χ2n) is 7.69. The van der Waals surface area contributed by atoms with Gasteiger partial charge in [-0.3, -0.25) is 9.59 Å². The zero-order valence-electron chi connectivity index (χ0n) is 15.8. The molecule has 0 bridgehead atoms. The fourth-order valence-corrected chi connectivity index (χ4v) is 4.11. The van der Waals surface area contributed by atoms with Gasteiger partial charge >= 0.3 is 11.9 Å². The van der Waals surface area contributed by atoms with Crippen LogP contribution in [-0.4, -0.2) is 24.8 Å². The Kier molecular flexibility index (Phi) is 3.81. The summed E-state index contributed by atoms with van der Waals surface area (Å²) in [6, 6.07) is 15.3. The third-order valence-corrected chi connectivity index (χ3v) is 5.47. The molecule has 2 fully saturated rings. The average Bonchev–Trinajstić information content (AvgIpc) is 3.32. The van der Waals surface area contributed by atoms with Gasteiger partial charge in [-0.15, -0.1) is 0 Å². The number of ether oxygens (including phenoxy) is 3. The summed E-state index contributed by atoms with van der Waals surface area (Å²) in [6.07, 6.45) is 0. The Morgan fingerprint density at radius 3 is 1.70 bits per heavy atom. The molecular weight excluding hydrogens is 344 g/mol. The van der Waals surface area contributed by atoms with Gasteiger partial charge in [0.2, 0.25) is 0 Å². The first kappa shape index (κ1) is 17.6. The van der Waals surface area contributed by atoms with E-state index < -0.39 is 23.1 Å². The van der Waals surface area contributed by atoms with Gasteiger partial charge < -0.3 is 14.2 Å². The fraction of sp³-hybridized carbons (Fsp3) is 0.364. The van der Waals surface area contributed by atoms with E-state index in [9.17, 15) is 9.59 Å². The minimum absolute atomic E-state index is 0.317. The summed E-state index contributed by atoms with van der Waals surface area (Å²) in [5.41, 5.74) is 1.59. The van der Waals surface area contributed by atoms with Crippen molar-refractivity contribution >= 4 is 11.9 Å². The highest BCUT2D eigenvalue weighted by Gasteiger charge is 2.79. The Balaban J connectivity index is 1.80. The lowest BCUT2D eigenvalue weighted by molar-refractivity contribution is -0.243.